The summed E-state index contributed by atoms with van der Waals surface area (Å²) in [7, 11) is 3.33. The molecule has 1 rings (SSSR count). The van der Waals surface area contributed by atoms with Crippen LogP contribution in [-0.4, -0.2) is 48.8 Å². The summed E-state index contributed by atoms with van der Waals surface area (Å²) in [6.07, 6.45) is 0.448. The predicted molar refractivity (Wildman–Crippen MR) is 73.9 cm³/mol. The van der Waals surface area contributed by atoms with Gasteiger partial charge in [0, 0.05) is 14.2 Å². The summed E-state index contributed by atoms with van der Waals surface area (Å²) in [5.41, 5.74) is 6.85. The molecular formula is C14H22N2O3. The highest BCUT2D eigenvalue weighted by Gasteiger charge is 2.22. The number of carbonyl (C=O) groups is 1. The topological polar surface area (TPSA) is 75.8 Å². The highest BCUT2D eigenvalue weighted by atomic mass is 16.5. The van der Waals surface area contributed by atoms with E-state index < -0.39 is 6.04 Å². The van der Waals surface area contributed by atoms with Crippen molar-refractivity contribution in [2.75, 3.05) is 20.8 Å². The highest BCUT2D eigenvalue weighted by molar-refractivity contribution is 5.82. The van der Waals surface area contributed by atoms with Crippen LogP contribution >= 0.6 is 0 Å². The highest BCUT2D eigenvalue weighted by Crippen LogP contribution is 2.11. The molecule has 2 atom stereocenters. The first kappa shape index (κ1) is 15.5. The quantitative estimate of drug-likeness (QED) is 0.797. The monoisotopic (exact) mass is 266 g/mol. The van der Waals surface area contributed by atoms with Gasteiger partial charge in [-0.2, -0.15) is 0 Å². The number of hydrogen-bond donors (Lipinski definition) is 2. The average molecular weight is 266 g/mol. The first-order chi connectivity index (χ1) is 8.95. The van der Waals surface area contributed by atoms with Crippen molar-refractivity contribution in [1.82, 2.24) is 4.90 Å². The summed E-state index contributed by atoms with van der Waals surface area (Å²) in [6, 6.07) is 6.10. The normalized spacial score (nSPS) is 13.9. The van der Waals surface area contributed by atoms with Crippen LogP contribution in [0.1, 0.15) is 12.5 Å². The molecule has 0 bridgehead atoms. The summed E-state index contributed by atoms with van der Waals surface area (Å²) in [6.45, 7) is 2.39. The first-order valence-corrected chi connectivity index (χ1v) is 6.24. The number of benzene rings is 1. The fourth-order valence-electron chi connectivity index (χ4n) is 1.81. The van der Waals surface area contributed by atoms with Crippen LogP contribution in [0.2, 0.25) is 0 Å². The van der Waals surface area contributed by atoms with Gasteiger partial charge in [-0.15, -0.1) is 0 Å². The molecule has 1 aromatic carbocycles. The molecule has 3 N–H and O–H groups in total. The Bertz CT molecular complexity index is 406. The number of nitrogens with two attached hydrogens (primary N) is 1. The number of phenolic OH excluding ortho intramolecular Hbond substituents is 1. The van der Waals surface area contributed by atoms with Gasteiger partial charge >= 0.3 is 0 Å². The van der Waals surface area contributed by atoms with Gasteiger partial charge < -0.3 is 20.5 Å². The Kier molecular flexibility index (Phi) is 5.79. The lowest BCUT2D eigenvalue weighted by Crippen LogP contribution is -2.47. The Labute approximate surface area is 114 Å². The van der Waals surface area contributed by atoms with Crippen molar-refractivity contribution in [3.8, 4) is 5.75 Å². The molecule has 0 aromatic heterocycles. The van der Waals surface area contributed by atoms with E-state index in [-0.39, 0.29) is 17.7 Å². The van der Waals surface area contributed by atoms with Gasteiger partial charge in [-0.25, -0.2) is 0 Å². The summed E-state index contributed by atoms with van der Waals surface area (Å²) >= 11 is 0. The number of rotatable bonds is 6. The predicted octanol–water partition coefficient (Wildman–Crippen LogP) is 0.755. The lowest BCUT2D eigenvalue weighted by Gasteiger charge is -2.27. The molecular weight excluding hydrogens is 244 g/mol. The largest absolute Gasteiger partial charge is 0.508 e. The molecule has 1 unspecified atom stereocenters. The zero-order chi connectivity index (χ0) is 14.4. The van der Waals surface area contributed by atoms with Gasteiger partial charge in [-0.05, 0) is 31.0 Å². The van der Waals surface area contributed by atoms with Crippen LogP contribution in [0.3, 0.4) is 0 Å². The van der Waals surface area contributed by atoms with E-state index in [0.717, 1.165) is 5.56 Å². The number of hydrogen-bond acceptors (Lipinski definition) is 4. The van der Waals surface area contributed by atoms with Crippen molar-refractivity contribution < 1.29 is 14.6 Å². The second-order valence-corrected chi connectivity index (χ2v) is 4.73. The molecule has 0 aliphatic rings. The number of ether oxygens (including phenoxy) is 1. The summed E-state index contributed by atoms with van der Waals surface area (Å²) in [5.74, 6) is 0.0899. The number of carbonyl (C=O) groups excluding carboxylic acids is 1. The molecule has 0 saturated heterocycles. The third kappa shape index (κ3) is 4.54. The number of aromatic hydroxyl groups is 1. The SMILES string of the molecule is COCC(C)N(C)C(=O)[C@@H](N)Cc1ccc(O)cc1. The molecule has 1 aromatic rings. The summed E-state index contributed by atoms with van der Waals surface area (Å²) in [4.78, 5) is 13.7. The van der Waals surface area contributed by atoms with E-state index in [2.05, 4.69) is 0 Å². The molecule has 106 valence electrons. The van der Waals surface area contributed by atoms with E-state index >= 15 is 0 Å². The van der Waals surface area contributed by atoms with Crippen LogP contribution in [0.5, 0.6) is 5.75 Å². The molecule has 5 nitrogen and oxygen atoms in total. The van der Waals surface area contributed by atoms with Crippen LogP contribution < -0.4 is 5.73 Å². The van der Waals surface area contributed by atoms with Gasteiger partial charge in [-0.1, -0.05) is 12.1 Å². The van der Waals surface area contributed by atoms with Crippen molar-refractivity contribution in [2.45, 2.75) is 25.4 Å². The smallest absolute Gasteiger partial charge is 0.239 e. The average Bonchev–Trinajstić information content (AvgIpc) is 2.39. The zero-order valence-corrected chi connectivity index (χ0v) is 11.7. The van der Waals surface area contributed by atoms with Gasteiger partial charge in [-0.3, -0.25) is 4.79 Å². The molecule has 0 spiro atoms. The Morgan fingerprint density at radius 2 is 2.00 bits per heavy atom. The van der Waals surface area contributed by atoms with Crippen LogP contribution in [0, 0.1) is 0 Å². The molecule has 5 heteroatoms. The van der Waals surface area contributed by atoms with Crippen molar-refractivity contribution in [3.05, 3.63) is 29.8 Å². The van der Waals surface area contributed by atoms with E-state index in [1.165, 1.54) is 0 Å². The lowest BCUT2D eigenvalue weighted by atomic mass is 10.1. The minimum Gasteiger partial charge on any atom is -0.508 e. The Hall–Kier alpha value is -1.59. The van der Waals surface area contributed by atoms with Gasteiger partial charge in [0.1, 0.15) is 5.75 Å². The Morgan fingerprint density at radius 1 is 1.42 bits per heavy atom. The standard InChI is InChI=1S/C14H22N2O3/c1-10(9-19-3)16(2)14(18)13(15)8-11-4-6-12(17)7-5-11/h4-7,10,13,17H,8-9,15H2,1-3H3/t10?,13-/m0/s1. The summed E-state index contributed by atoms with van der Waals surface area (Å²) < 4.78 is 5.02. The van der Waals surface area contributed by atoms with E-state index in [1.54, 1.807) is 43.3 Å². The van der Waals surface area contributed by atoms with Gasteiger partial charge in [0.25, 0.3) is 0 Å². The molecule has 0 radical (unpaired) electrons. The molecule has 1 amide bonds. The maximum Gasteiger partial charge on any atom is 0.239 e. The Morgan fingerprint density at radius 3 is 2.53 bits per heavy atom. The van der Waals surface area contributed by atoms with Crippen LogP contribution in [0.15, 0.2) is 24.3 Å². The maximum atomic E-state index is 12.1. The minimum atomic E-state index is -0.589. The fraction of sp³-hybridized carbons (Fsp3) is 0.500. The van der Waals surface area contributed by atoms with Crippen molar-refractivity contribution >= 4 is 5.91 Å². The molecule has 0 saturated carbocycles. The fourth-order valence-corrected chi connectivity index (χ4v) is 1.81. The van der Waals surface area contributed by atoms with Crippen molar-refractivity contribution in [2.24, 2.45) is 5.73 Å². The van der Waals surface area contributed by atoms with Crippen LogP contribution in [-0.2, 0) is 16.0 Å². The Balaban J connectivity index is 2.59. The molecule has 0 fully saturated rings. The maximum absolute atomic E-state index is 12.1. The second kappa shape index (κ2) is 7.11. The van der Waals surface area contributed by atoms with Gasteiger partial charge in [0.05, 0.1) is 18.7 Å². The number of amides is 1. The third-order valence-corrected chi connectivity index (χ3v) is 3.13. The molecule has 0 heterocycles. The second-order valence-electron chi connectivity index (χ2n) is 4.73. The lowest BCUT2D eigenvalue weighted by molar-refractivity contribution is -0.134. The molecule has 19 heavy (non-hydrogen) atoms. The number of nitrogens with zero attached hydrogens (tertiary/aromatic N) is 1. The third-order valence-electron chi connectivity index (χ3n) is 3.13. The van der Waals surface area contributed by atoms with E-state index in [1.807, 2.05) is 6.92 Å². The van der Waals surface area contributed by atoms with E-state index in [0.29, 0.717) is 13.0 Å². The van der Waals surface area contributed by atoms with E-state index in [9.17, 15) is 9.90 Å². The van der Waals surface area contributed by atoms with Gasteiger partial charge in [0.2, 0.25) is 5.91 Å². The number of methoxy groups -OCH3 is 1. The molecule has 0 aliphatic carbocycles. The minimum absolute atomic E-state index is 0.0108. The zero-order valence-electron chi connectivity index (χ0n) is 11.7. The van der Waals surface area contributed by atoms with Crippen LogP contribution in [0.25, 0.3) is 0 Å². The van der Waals surface area contributed by atoms with Gasteiger partial charge in [0.15, 0.2) is 0 Å². The molecule has 0 aliphatic heterocycles. The first-order valence-electron chi connectivity index (χ1n) is 6.24. The van der Waals surface area contributed by atoms with Crippen molar-refractivity contribution in [1.29, 1.82) is 0 Å². The van der Waals surface area contributed by atoms with Crippen LogP contribution in [0.4, 0.5) is 0 Å². The van der Waals surface area contributed by atoms with Crippen molar-refractivity contribution in [3.63, 3.8) is 0 Å². The van der Waals surface area contributed by atoms with E-state index in [4.69, 9.17) is 10.5 Å². The number of phenols is 1. The number of likely N-dealkylation sites (N-methyl/N-ethyl adjacent to an activating group) is 1. The summed E-state index contributed by atoms with van der Waals surface area (Å²) in [5, 5.41) is 9.20.